The number of benzene rings is 2. The predicted molar refractivity (Wildman–Crippen MR) is 104 cm³/mol. The van der Waals surface area contributed by atoms with Crippen LogP contribution in [0.3, 0.4) is 0 Å². The van der Waals surface area contributed by atoms with Gasteiger partial charge in [0.15, 0.2) is 0 Å². The van der Waals surface area contributed by atoms with Gasteiger partial charge in [-0.2, -0.15) is 0 Å². The highest BCUT2D eigenvalue weighted by Gasteiger charge is 2.06. The summed E-state index contributed by atoms with van der Waals surface area (Å²) in [5, 5.41) is 2.75. The van der Waals surface area contributed by atoms with Crippen molar-refractivity contribution in [3.8, 4) is 23.5 Å². The lowest BCUT2D eigenvalue weighted by molar-refractivity contribution is 0.0958. The van der Waals surface area contributed by atoms with Crippen LogP contribution in [0.25, 0.3) is 0 Å². The first-order valence-corrected chi connectivity index (χ1v) is 8.71. The highest BCUT2D eigenvalue weighted by atomic mass is 79.9. The third-order valence-corrected chi connectivity index (χ3v) is 3.85. The quantitative estimate of drug-likeness (QED) is 0.652. The van der Waals surface area contributed by atoms with Gasteiger partial charge in [0.1, 0.15) is 5.75 Å². The van der Waals surface area contributed by atoms with Gasteiger partial charge in [0.2, 0.25) is 5.88 Å². The van der Waals surface area contributed by atoms with E-state index >= 15 is 0 Å². The maximum Gasteiger partial charge on any atom is 0.253 e. The zero-order valence-corrected chi connectivity index (χ0v) is 15.4. The van der Waals surface area contributed by atoms with Gasteiger partial charge >= 0.3 is 0 Å². The molecule has 0 radical (unpaired) electrons. The van der Waals surface area contributed by atoms with Crippen LogP contribution in [-0.4, -0.2) is 17.4 Å². The molecule has 0 aliphatic carbocycles. The van der Waals surface area contributed by atoms with Crippen LogP contribution in [0.2, 0.25) is 0 Å². The zero-order chi connectivity index (χ0) is 18.2. The van der Waals surface area contributed by atoms with E-state index in [1.165, 1.54) is 6.20 Å². The van der Waals surface area contributed by atoms with E-state index in [0.29, 0.717) is 17.2 Å². The Morgan fingerprint density at radius 1 is 1.08 bits per heavy atom. The van der Waals surface area contributed by atoms with Crippen LogP contribution in [0.15, 0.2) is 77.4 Å². The average molecular weight is 407 g/mol. The maximum absolute atomic E-state index is 12.1. The highest BCUT2D eigenvalue weighted by molar-refractivity contribution is 9.10. The van der Waals surface area contributed by atoms with Crippen LogP contribution < -0.4 is 10.1 Å². The van der Waals surface area contributed by atoms with Crippen molar-refractivity contribution >= 4 is 21.8 Å². The Hall–Kier alpha value is -3.10. The lowest BCUT2D eigenvalue weighted by Crippen LogP contribution is -2.23. The summed E-state index contributed by atoms with van der Waals surface area (Å²) < 4.78 is 6.57. The van der Waals surface area contributed by atoms with Gasteiger partial charge in [0.25, 0.3) is 5.91 Å². The van der Waals surface area contributed by atoms with E-state index in [-0.39, 0.29) is 12.5 Å². The minimum atomic E-state index is -0.228. The number of amides is 1. The number of hydrogen-bond donors (Lipinski definition) is 1. The van der Waals surface area contributed by atoms with Crippen LogP contribution >= 0.6 is 15.9 Å². The number of nitrogens with zero attached hydrogens (tertiary/aromatic N) is 1. The monoisotopic (exact) mass is 406 g/mol. The first-order valence-electron chi connectivity index (χ1n) is 7.92. The molecule has 1 amide bonds. The van der Waals surface area contributed by atoms with Gasteiger partial charge in [-0.3, -0.25) is 4.79 Å². The van der Waals surface area contributed by atoms with Gasteiger partial charge in [-0.25, -0.2) is 4.98 Å². The summed E-state index contributed by atoms with van der Waals surface area (Å²) >= 11 is 3.39. The van der Waals surface area contributed by atoms with Gasteiger partial charge in [0.05, 0.1) is 12.1 Å². The molecule has 1 N–H and O–H groups in total. The summed E-state index contributed by atoms with van der Waals surface area (Å²) in [6.45, 7) is 0.268. The fourth-order valence-electron chi connectivity index (χ4n) is 2.12. The second-order valence-electron chi connectivity index (χ2n) is 5.30. The molecule has 0 aliphatic rings. The summed E-state index contributed by atoms with van der Waals surface area (Å²) in [6, 6.07) is 20.4. The molecule has 0 atom stereocenters. The zero-order valence-electron chi connectivity index (χ0n) is 13.8. The molecule has 3 rings (SSSR count). The Morgan fingerprint density at radius 2 is 1.92 bits per heavy atom. The van der Waals surface area contributed by atoms with Crippen molar-refractivity contribution in [2.24, 2.45) is 0 Å². The number of rotatable bonds is 4. The molecule has 1 aromatic heterocycles. The molecule has 0 bridgehead atoms. The summed E-state index contributed by atoms with van der Waals surface area (Å²) in [7, 11) is 0. The Labute approximate surface area is 160 Å². The number of carbonyl (C=O) groups excluding carboxylic acids is 1. The normalized spacial score (nSPS) is 9.73. The van der Waals surface area contributed by atoms with Crippen LogP contribution in [0.1, 0.15) is 15.9 Å². The lowest BCUT2D eigenvalue weighted by Gasteiger charge is -2.06. The van der Waals surface area contributed by atoms with E-state index in [1.54, 1.807) is 12.1 Å². The predicted octanol–water partition coefficient (Wildman–Crippen LogP) is 4.42. The van der Waals surface area contributed by atoms with Crippen molar-refractivity contribution in [3.63, 3.8) is 0 Å². The van der Waals surface area contributed by atoms with E-state index < -0.39 is 0 Å². The van der Waals surface area contributed by atoms with Crippen molar-refractivity contribution in [2.45, 2.75) is 0 Å². The standard InChI is InChI=1S/C21H15BrN2O2/c22-18-9-4-10-19(14-18)26-20-12-11-17(15-24-20)21(25)23-13-5-8-16-6-2-1-3-7-16/h1-4,6-7,9-12,14-15H,13H2,(H,23,25). The highest BCUT2D eigenvalue weighted by Crippen LogP contribution is 2.22. The molecule has 5 heteroatoms. The molecule has 0 saturated carbocycles. The van der Waals surface area contributed by atoms with Crippen molar-refractivity contribution in [2.75, 3.05) is 6.54 Å². The molecule has 1 heterocycles. The molecule has 0 aliphatic heterocycles. The summed E-state index contributed by atoms with van der Waals surface area (Å²) in [4.78, 5) is 16.3. The van der Waals surface area contributed by atoms with Gasteiger partial charge in [-0.1, -0.05) is 52.0 Å². The number of hydrogen-bond acceptors (Lipinski definition) is 3. The fourth-order valence-corrected chi connectivity index (χ4v) is 2.50. The number of pyridine rings is 1. The smallest absolute Gasteiger partial charge is 0.253 e. The molecule has 3 aromatic rings. The lowest BCUT2D eigenvalue weighted by atomic mass is 10.2. The molecule has 0 fully saturated rings. The molecule has 2 aromatic carbocycles. The van der Waals surface area contributed by atoms with E-state index in [9.17, 15) is 4.79 Å². The van der Waals surface area contributed by atoms with Crippen LogP contribution in [0, 0.1) is 11.8 Å². The van der Waals surface area contributed by atoms with Crippen LogP contribution in [0.4, 0.5) is 0 Å². The summed E-state index contributed by atoms with van der Waals surface area (Å²) in [6.07, 6.45) is 1.48. The minimum Gasteiger partial charge on any atom is -0.439 e. The fraction of sp³-hybridized carbons (Fsp3) is 0.0476. The van der Waals surface area contributed by atoms with Crippen LogP contribution in [0.5, 0.6) is 11.6 Å². The molecular formula is C21H15BrN2O2. The van der Waals surface area contributed by atoms with Crippen molar-refractivity contribution in [3.05, 3.63) is 88.5 Å². The third-order valence-electron chi connectivity index (χ3n) is 3.36. The van der Waals surface area contributed by atoms with Crippen molar-refractivity contribution in [1.82, 2.24) is 10.3 Å². The topological polar surface area (TPSA) is 51.2 Å². The van der Waals surface area contributed by atoms with Crippen molar-refractivity contribution < 1.29 is 9.53 Å². The third kappa shape index (κ3) is 5.20. The Kier molecular flexibility index (Phi) is 6.02. The molecule has 128 valence electrons. The first kappa shape index (κ1) is 17.7. The number of halogens is 1. The largest absolute Gasteiger partial charge is 0.439 e. The molecule has 0 spiro atoms. The van der Waals surface area contributed by atoms with Gasteiger partial charge in [-0.15, -0.1) is 0 Å². The molecule has 0 saturated heterocycles. The average Bonchev–Trinajstić information content (AvgIpc) is 2.66. The number of carbonyl (C=O) groups is 1. The Morgan fingerprint density at radius 3 is 2.65 bits per heavy atom. The summed E-state index contributed by atoms with van der Waals surface area (Å²) in [5.74, 6) is 6.77. The first-order chi connectivity index (χ1) is 12.7. The molecule has 0 unspecified atom stereocenters. The summed E-state index contributed by atoms with van der Waals surface area (Å²) in [5.41, 5.74) is 1.37. The van der Waals surface area contributed by atoms with E-state index in [1.807, 2.05) is 54.6 Å². The molecule has 26 heavy (non-hydrogen) atoms. The van der Waals surface area contributed by atoms with Gasteiger partial charge < -0.3 is 10.1 Å². The molecule has 4 nitrogen and oxygen atoms in total. The maximum atomic E-state index is 12.1. The van der Waals surface area contributed by atoms with E-state index in [0.717, 1.165) is 10.0 Å². The minimum absolute atomic E-state index is 0.228. The second kappa shape index (κ2) is 8.84. The Balaban J connectivity index is 1.54. The van der Waals surface area contributed by atoms with E-state index in [2.05, 4.69) is 38.1 Å². The van der Waals surface area contributed by atoms with Gasteiger partial charge in [0, 0.05) is 22.3 Å². The number of aromatic nitrogens is 1. The second-order valence-corrected chi connectivity index (χ2v) is 6.21. The SMILES string of the molecule is O=C(NCC#Cc1ccccc1)c1ccc(Oc2cccc(Br)c2)nc1. The van der Waals surface area contributed by atoms with Crippen LogP contribution in [-0.2, 0) is 0 Å². The number of nitrogens with one attached hydrogen (secondary N) is 1. The van der Waals surface area contributed by atoms with Gasteiger partial charge in [-0.05, 0) is 36.4 Å². The van der Waals surface area contributed by atoms with E-state index in [4.69, 9.17) is 4.74 Å². The van der Waals surface area contributed by atoms with Crippen molar-refractivity contribution in [1.29, 1.82) is 0 Å². The molecular weight excluding hydrogens is 392 g/mol. The number of ether oxygens (including phenoxy) is 1. The Bertz CT molecular complexity index is 945.